The molecule has 0 spiro atoms. The first-order valence-corrected chi connectivity index (χ1v) is 5.66. The average Bonchev–Trinajstić information content (AvgIpc) is 2.79. The minimum absolute atomic E-state index is 0.249. The molecule has 5 nitrogen and oxygen atoms in total. The van der Waals surface area contributed by atoms with Gasteiger partial charge in [-0.15, -0.1) is 0 Å². The number of oxazole rings is 1. The Morgan fingerprint density at radius 3 is 2.89 bits per heavy atom. The Morgan fingerprint density at radius 2 is 2.22 bits per heavy atom. The highest BCUT2D eigenvalue weighted by molar-refractivity contribution is 6.03. The number of aryl methyl sites for hydroxylation is 1. The summed E-state index contributed by atoms with van der Waals surface area (Å²) in [5, 5.41) is 2.74. The van der Waals surface area contributed by atoms with Crippen LogP contribution in [0.3, 0.4) is 0 Å². The Morgan fingerprint density at radius 1 is 1.44 bits per heavy atom. The van der Waals surface area contributed by atoms with Gasteiger partial charge in [-0.05, 0) is 19.1 Å². The lowest BCUT2D eigenvalue weighted by atomic mass is 10.3. The maximum atomic E-state index is 11.9. The predicted molar refractivity (Wildman–Crippen MR) is 66.8 cm³/mol. The molecule has 2 rings (SSSR count). The normalized spacial score (nSPS) is 10.1. The summed E-state index contributed by atoms with van der Waals surface area (Å²) in [6.45, 7) is 4.11. The van der Waals surface area contributed by atoms with Crippen LogP contribution >= 0.6 is 0 Å². The lowest BCUT2D eigenvalue weighted by molar-refractivity contribution is 0.102. The van der Waals surface area contributed by atoms with Gasteiger partial charge in [0.1, 0.15) is 12.0 Å². The number of aromatic nitrogens is 1. The number of benzene rings is 1. The number of nitrogens with one attached hydrogen (secondary N) is 1. The van der Waals surface area contributed by atoms with Crippen LogP contribution in [-0.4, -0.2) is 17.5 Å². The molecule has 0 atom stereocenters. The molecule has 0 saturated carbocycles. The highest BCUT2D eigenvalue weighted by Crippen LogP contribution is 2.24. The van der Waals surface area contributed by atoms with E-state index in [4.69, 9.17) is 9.15 Å². The van der Waals surface area contributed by atoms with E-state index in [2.05, 4.69) is 10.3 Å². The molecule has 1 aromatic carbocycles. The second-order valence-electron chi connectivity index (χ2n) is 3.64. The van der Waals surface area contributed by atoms with Crippen molar-refractivity contribution in [2.24, 2.45) is 0 Å². The van der Waals surface area contributed by atoms with Gasteiger partial charge in [-0.2, -0.15) is 0 Å². The number of carbonyl (C=O) groups is 1. The third-order valence-electron chi connectivity index (χ3n) is 2.29. The first kappa shape index (κ1) is 12.2. The Kier molecular flexibility index (Phi) is 3.62. The van der Waals surface area contributed by atoms with E-state index >= 15 is 0 Å². The van der Waals surface area contributed by atoms with Crippen LogP contribution in [0.15, 0.2) is 34.9 Å². The lowest BCUT2D eigenvalue weighted by Gasteiger charge is -2.09. The summed E-state index contributed by atoms with van der Waals surface area (Å²) in [5.74, 6) is 0.769. The van der Waals surface area contributed by atoms with Gasteiger partial charge in [0, 0.05) is 6.92 Å². The summed E-state index contributed by atoms with van der Waals surface area (Å²) in [5.41, 5.74) is 0.865. The van der Waals surface area contributed by atoms with E-state index in [9.17, 15) is 4.79 Å². The van der Waals surface area contributed by atoms with Gasteiger partial charge in [-0.3, -0.25) is 4.79 Å². The van der Waals surface area contributed by atoms with Gasteiger partial charge >= 0.3 is 0 Å². The Balaban J connectivity index is 2.16. The zero-order valence-electron chi connectivity index (χ0n) is 10.3. The van der Waals surface area contributed by atoms with Gasteiger partial charge < -0.3 is 14.5 Å². The molecular weight excluding hydrogens is 232 g/mol. The minimum Gasteiger partial charge on any atom is -0.492 e. The SMILES string of the molecule is CCOc1ccccc1NC(=O)c1coc(C)n1. The van der Waals surface area contributed by atoms with Crippen LogP contribution in [0.2, 0.25) is 0 Å². The van der Waals surface area contributed by atoms with Gasteiger partial charge in [-0.25, -0.2) is 4.98 Å². The second-order valence-corrected chi connectivity index (χ2v) is 3.64. The third kappa shape index (κ3) is 2.68. The van der Waals surface area contributed by atoms with Crippen LogP contribution in [0.1, 0.15) is 23.3 Å². The fraction of sp³-hybridized carbons (Fsp3) is 0.231. The van der Waals surface area contributed by atoms with Crippen LogP contribution in [0, 0.1) is 6.92 Å². The number of nitrogens with zero attached hydrogens (tertiary/aromatic N) is 1. The van der Waals surface area contributed by atoms with Crippen LogP contribution < -0.4 is 10.1 Å². The summed E-state index contributed by atoms with van der Waals surface area (Å²) >= 11 is 0. The molecule has 0 bridgehead atoms. The van der Waals surface area contributed by atoms with Crippen molar-refractivity contribution in [1.29, 1.82) is 0 Å². The van der Waals surface area contributed by atoms with Gasteiger partial charge in [0.05, 0.1) is 12.3 Å². The molecular formula is C13H14N2O3. The smallest absolute Gasteiger partial charge is 0.277 e. The number of amides is 1. The molecule has 18 heavy (non-hydrogen) atoms. The molecule has 0 saturated heterocycles. The van der Waals surface area contributed by atoms with E-state index in [1.165, 1.54) is 6.26 Å². The number of hydrogen-bond acceptors (Lipinski definition) is 4. The molecule has 1 aromatic heterocycles. The largest absolute Gasteiger partial charge is 0.492 e. The average molecular weight is 246 g/mol. The second kappa shape index (κ2) is 5.35. The molecule has 1 N–H and O–H groups in total. The summed E-state index contributed by atoms with van der Waals surface area (Å²) in [6.07, 6.45) is 1.33. The quantitative estimate of drug-likeness (QED) is 0.900. The highest BCUT2D eigenvalue weighted by atomic mass is 16.5. The molecule has 0 aliphatic heterocycles. The van der Waals surface area contributed by atoms with E-state index in [1.807, 2.05) is 19.1 Å². The number of carbonyl (C=O) groups excluding carboxylic acids is 1. The van der Waals surface area contributed by atoms with E-state index < -0.39 is 0 Å². The van der Waals surface area contributed by atoms with Crippen molar-refractivity contribution in [3.63, 3.8) is 0 Å². The van der Waals surface area contributed by atoms with Gasteiger partial charge in [-0.1, -0.05) is 12.1 Å². The van der Waals surface area contributed by atoms with E-state index in [0.717, 1.165) is 0 Å². The fourth-order valence-corrected chi connectivity index (χ4v) is 1.51. The van der Waals surface area contributed by atoms with Crippen molar-refractivity contribution in [2.75, 3.05) is 11.9 Å². The van der Waals surface area contributed by atoms with E-state index in [1.54, 1.807) is 19.1 Å². The van der Waals surface area contributed by atoms with Crippen LogP contribution in [-0.2, 0) is 0 Å². The monoisotopic (exact) mass is 246 g/mol. The van der Waals surface area contributed by atoms with Crippen molar-refractivity contribution in [1.82, 2.24) is 4.98 Å². The van der Waals surface area contributed by atoms with Gasteiger partial charge in [0.2, 0.25) is 0 Å². The van der Waals surface area contributed by atoms with Crippen molar-refractivity contribution < 1.29 is 13.9 Å². The zero-order chi connectivity index (χ0) is 13.0. The maximum Gasteiger partial charge on any atom is 0.277 e. The first-order valence-electron chi connectivity index (χ1n) is 5.66. The number of hydrogen-bond donors (Lipinski definition) is 1. The molecule has 0 aliphatic rings. The van der Waals surface area contributed by atoms with E-state index in [0.29, 0.717) is 23.9 Å². The van der Waals surface area contributed by atoms with Crippen LogP contribution in [0.5, 0.6) is 5.75 Å². The zero-order valence-corrected chi connectivity index (χ0v) is 10.3. The van der Waals surface area contributed by atoms with Gasteiger partial charge in [0.25, 0.3) is 5.91 Å². The summed E-state index contributed by atoms with van der Waals surface area (Å²) in [4.78, 5) is 15.9. The summed E-state index contributed by atoms with van der Waals surface area (Å²) in [7, 11) is 0. The molecule has 0 radical (unpaired) electrons. The minimum atomic E-state index is -0.320. The molecule has 94 valence electrons. The number of ether oxygens (including phenoxy) is 1. The first-order chi connectivity index (χ1) is 8.70. The molecule has 1 amide bonds. The lowest BCUT2D eigenvalue weighted by Crippen LogP contribution is -2.13. The molecule has 0 fully saturated rings. The van der Waals surface area contributed by atoms with Crippen molar-refractivity contribution in [3.05, 3.63) is 42.1 Å². The number of para-hydroxylation sites is 2. The fourth-order valence-electron chi connectivity index (χ4n) is 1.51. The van der Waals surface area contributed by atoms with E-state index in [-0.39, 0.29) is 11.6 Å². The van der Waals surface area contributed by atoms with Gasteiger partial charge in [0.15, 0.2) is 11.6 Å². The highest BCUT2D eigenvalue weighted by Gasteiger charge is 2.12. The Labute approximate surface area is 105 Å². The summed E-state index contributed by atoms with van der Waals surface area (Å²) in [6, 6.07) is 7.25. The van der Waals surface area contributed by atoms with Crippen LogP contribution in [0.4, 0.5) is 5.69 Å². The standard InChI is InChI=1S/C13H14N2O3/c1-3-17-12-7-5-4-6-10(12)15-13(16)11-8-18-9(2)14-11/h4-8H,3H2,1-2H3,(H,15,16). The molecule has 0 unspecified atom stereocenters. The topological polar surface area (TPSA) is 64.4 Å². The third-order valence-corrected chi connectivity index (χ3v) is 2.29. The Hall–Kier alpha value is -2.30. The molecule has 2 aromatic rings. The van der Waals surface area contributed by atoms with Crippen molar-refractivity contribution >= 4 is 11.6 Å². The van der Waals surface area contributed by atoms with Crippen molar-refractivity contribution in [2.45, 2.75) is 13.8 Å². The summed E-state index contributed by atoms with van der Waals surface area (Å²) < 4.78 is 10.4. The van der Waals surface area contributed by atoms with Crippen molar-refractivity contribution in [3.8, 4) is 5.75 Å². The number of rotatable bonds is 4. The number of anilines is 1. The Bertz CT molecular complexity index is 549. The molecule has 0 aliphatic carbocycles. The van der Waals surface area contributed by atoms with Crippen LogP contribution in [0.25, 0.3) is 0 Å². The predicted octanol–water partition coefficient (Wildman–Crippen LogP) is 2.63. The maximum absolute atomic E-state index is 11.9. The molecule has 5 heteroatoms. The molecule has 1 heterocycles.